The van der Waals surface area contributed by atoms with Gasteiger partial charge in [-0.05, 0) is 50.1 Å². The molecule has 296 valence electrons. The van der Waals surface area contributed by atoms with Crippen LogP contribution in [0.2, 0.25) is 0 Å². The molecular weight excluding hydrogens is 742 g/mol. The van der Waals surface area contributed by atoms with Crippen LogP contribution in [0.25, 0.3) is 0 Å². The number of alkyl carbamates (subject to hydrolysis) is 1. The number of rotatable bonds is 12. The first kappa shape index (κ1) is 42.1. The van der Waals surface area contributed by atoms with Gasteiger partial charge < -0.3 is 81.8 Å². The maximum atomic E-state index is 13.9. The summed E-state index contributed by atoms with van der Waals surface area (Å²) in [5.41, 5.74) is -1.40. The van der Waals surface area contributed by atoms with E-state index in [0.717, 1.165) is 45.0 Å². The number of esters is 1. The first-order valence-electron chi connectivity index (χ1n) is 15.1. The maximum absolute atomic E-state index is 13.9. The van der Waals surface area contributed by atoms with Gasteiger partial charge in [-0.3, -0.25) is 14.3 Å². The molecule has 4 rings (SSSR count). The summed E-state index contributed by atoms with van der Waals surface area (Å²) >= 11 is 0. The van der Waals surface area contributed by atoms with E-state index in [9.17, 15) is 79.3 Å². The van der Waals surface area contributed by atoms with Crippen molar-refractivity contribution in [2.45, 2.75) is 90.8 Å². The van der Waals surface area contributed by atoms with Crippen LogP contribution >= 0.6 is 0 Å². The highest BCUT2D eigenvalue weighted by molar-refractivity contribution is 7.89. The Morgan fingerprint density at radius 3 is 1.92 bits per heavy atom. The molecule has 2 aliphatic rings. The molecule has 1 amide bonds. The zero-order valence-electron chi connectivity index (χ0n) is 27.8. The molecule has 23 nitrogen and oxygen atoms in total. The van der Waals surface area contributed by atoms with E-state index in [1.165, 1.54) is 24.3 Å². The maximum Gasteiger partial charge on any atom is 0.410 e. The fraction of sp³-hybridized carbons (Fsp3) is 0.517. The quantitative estimate of drug-likeness (QED) is 0.0541. The number of benzene rings is 2. The molecule has 0 saturated carbocycles. The number of nitrogens with one attached hydrogen (secondary N) is 1. The molecule has 2 fully saturated rings. The number of ether oxygens (including phenoxy) is 4. The van der Waals surface area contributed by atoms with E-state index in [-0.39, 0.29) is 15.6 Å². The molecule has 2 aromatic rings. The van der Waals surface area contributed by atoms with Crippen molar-refractivity contribution in [3.8, 4) is 0 Å². The monoisotopic (exact) mass is 781 g/mol. The van der Waals surface area contributed by atoms with Crippen LogP contribution in [-0.2, 0) is 40.2 Å². The average molecular weight is 782 g/mol. The Kier molecular flexibility index (Phi) is 10.5. The van der Waals surface area contributed by atoms with Crippen molar-refractivity contribution >= 4 is 27.8 Å². The number of hydrogen-bond acceptors (Lipinski definition) is 21. The number of aliphatic hydroxyl groups is 12. The standard InChI is InChI=1S/C29H39N3O20S/c1-15(33)49-20(14-32(26(40,41)22(2,3)35)53(47,48)18-11-9-17(30)10-12-18)19(13-16-7-5-4-6-8-16)31-21(34)50-25(39)23(36)24(37,38)27(42,43)51-29(23,46)52-28(25,44)45/h4-12,19-20,35-46H,13-14,30H2,1-3H3,(H,31,34). The zero-order valence-corrected chi connectivity index (χ0v) is 28.6. The molecule has 2 aromatic carbocycles. The van der Waals surface area contributed by atoms with E-state index in [1.807, 2.05) is 5.32 Å². The summed E-state index contributed by atoms with van der Waals surface area (Å²) in [7, 11) is -5.13. The van der Waals surface area contributed by atoms with Gasteiger partial charge in [-0.1, -0.05) is 30.3 Å². The predicted molar refractivity (Wildman–Crippen MR) is 166 cm³/mol. The van der Waals surface area contributed by atoms with Crippen molar-refractivity contribution in [2.75, 3.05) is 12.3 Å². The Morgan fingerprint density at radius 2 is 1.42 bits per heavy atom. The molecule has 2 saturated heterocycles. The van der Waals surface area contributed by atoms with Gasteiger partial charge in [0.25, 0.3) is 17.3 Å². The van der Waals surface area contributed by atoms with Gasteiger partial charge in [-0.15, -0.1) is 4.31 Å². The van der Waals surface area contributed by atoms with E-state index in [0.29, 0.717) is 0 Å². The van der Waals surface area contributed by atoms with Crippen molar-refractivity contribution in [3.63, 3.8) is 0 Å². The van der Waals surface area contributed by atoms with Crippen LogP contribution in [0, 0.1) is 0 Å². The first-order valence-corrected chi connectivity index (χ1v) is 16.5. The van der Waals surface area contributed by atoms with Crippen LogP contribution in [0.15, 0.2) is 59.5 Å². The lowest BCUT2D eigenvalue weighted by Crippen LogP contribution is -2.78. The Labute approximate surface area is 298 Å². The number of nitrogen functional groups attached to an aromatic ring is 1. The molecule has 0 spiro atoms. The molecule has 53 heavy (non-hydrogen) atoms. The number of hydrogen-bond donors (Lipinski definition) is 14. The molecule has 2 aliphatic heterocycles. The average Bonchev–Trinajstić information content (AvgIpc) is 3.19. The summed E-state index contributed by atoms with van der Waals surface area (Å²) in [5, 5.41) is 129. The lowest BCUT2D eigenvalue weighted by atomic mass is 9.83. The van der Waals surface area contributed by atoms with E-state index in [4.69, 9.17) is 10.5 Å². The van der Waals surface area contributed by atoms with Gasteiger partial charge in [0, 0.05) is 12.6 Å². The highest BCUT2D eigenvalue weighted by atomic mass is 32.2. The molecule has 5 atom stereocenters. The summed E-state index contributed by atoms with van der Waals surface area (Å²) in [6, 6.07) is 9.74. The van der Waals surface area contributed by atoms with Crippen LogP contribution in [0.4, 0.5) is 10.5 Å². The highest BCUT2D eigenvalue weighted by Crippen LogP contribution is 2.61. The van der Waals surface area contributed by atoms with Gasteiger partial charge in [-0.25, -0.2) is 13.2 Å². The number of nitrogens with zero attached hydrogens (tertiary/aromatic N) is 1. The number of anilines is 1. The van der Waals surface area contributed by atoms with Crippen molar-refractivity contribution in [2.24, 2.45) is 0 Å². The van der Waals surface area contributed by atoms with Gasteiger partial charge in [0.2, 0.25) is 10.0 Å². The van der Waals surface area contributed by atoms with Crippen molar-refractivity contribution in [1.82, 2.24) is 9.62 Å². The topological polar surface area (TPSA) is 389 Å². The van der Waals surface area contributed by atoms with Crippen LogP contribution in [0.3, 0.4) is 0 Å². The van der Waals surface area contributed by atoms with Crippen molar-refractivity contribution in [1.29, 1.82) is 0 Å². The minimum absolute atomic E-state index is 0.0956. The fourth-order valence-electron chi connectivity index (χ4n) is 5.52. The second-order valence-corrected chi connectivity index (χ2v) is 14.7. The number of sulfonamides is 1. The Bertz CT molecular complexity index is 1800. The summed E-state index contributed by atoms with van der Waals surface area (Å²) in [6.07, 6.45) is -4.76. The van der Waals surface area contributed by atoms with Crippen molar-refractivity contribution < 1.29 is 98.2 Å². The van der Waals surface area contributed by atoms with Gasteiger partial charge in [0.05, 0.1) is 17.5 Å². The number of carbonyl (C=O) groups excluding carboxylic acids is 2. The molecular formula is C29H39N3O20S. The van der Waals surface area contributed by atoms with Gasteiger partial charge in [0.1, 0.15) is 11.7 Å². The van der Waals surface area contributed by atoms with Crippen LogP contribution < -0.4 is 11.1 Å². The third kappa shape index (κ3) is 6.82. The molecule has 5 unspecified atom stereocenters. The third-order valence-corrected chi connectivity index (χ3v) is 10.4. The minimum Gasteiger partial charge on any atom is -0.459 e. The van der Waals surface area contributed by atoms with E-state index >= 15 is 0 Å². The smallest absolute Gasteiger partial charge is 0.410 e. The lowest BCUT2D eigenvalue weighted by Gasteiger charge is -2.44. The Balaban J connectivity index is 1.82. The predicted octanol–water partition coefficient (Wildman–Crippen LogP) is -5.98. The SMILES string of the molecule is CC(=O)OC(CN(C(O)(O)C(C)(C)O)S(=O)(=O)c1ccc(N)cc1)C(Cc1ccccc1)NC(=O)OC1(O)C(O)(O)OC2(O)OC(O)(O)C(O)(O)C21O. The van der Waals surface area contributed by atoms with E-state index in [2.05, 4.69) is 14.2 Å². The molecule has 0 radical (unpaired) electrons. The molecule has 0 bridgehead atoms. The van der Waals surface area contributed by atoms with Gasteiger partial charge >= 0.3 is 35.8 Å². The van der Waals surface area contributed by atoms with Crippen LogP contribution in [0.1, 0.15) is 26.3 Å². The normalized spacial score (nSPS) is 27.5. The second-order valence-electron chi connectivity index (χ2n) is 12.8. The van der Waals surface area contributed by atoms with Crippen LogP contribution in [0.5, 0.6) is 0 Å². The largest absolute Gasteiger partial charge is 0.459 e. The minimum atomic E-state index is -5.13. The molecule has 0 aromatic heterocycles. The number of amides is 1. The van der Waals surface area contributed by atoms with E-state index < -0.39 is 98.7 Å². The molecule has 2 heterocycles. The van der Waals surface area contributed by atoms with Gasteiger partial charge in [-0.2, -0.15) is 0 Å². The number of fused-ring (bicyclic) bond motifs is 1. The summed E-state index contributed by atoms with van der Waals surface area (Å²) in [5.74, 6) is -27.9. The number of nitrogens with two attached hydrogens (primary N) is 1. The zero-order chi connectivity index (χ0) is 40.4. The van der Waals surface area contributed by atoms with Crippen molar-refractivity contribution in [3.05, 3.63) is 60.2 Å². The molecule has 24 heteroatoms. The summed E-state index contributed by atoms with van der Waals surface area (Å²) < 4.78 is 45.8. The lowest BCUT2D eigenvalue weighted by molar-refractivity contribution is -0.530. The summed E-state index contributed by atoms with van der Waals surface area (Å²) in [4.78, 5) is 25.3. The fourth-order valence-corrected chi connectivity index (χ4v) is 7.16. The third-order valence-electron chi connectivity index (χ3n) is 8.50. The highest BCUT2D eigenvalue weighted by Gasteiger charge is 2.98. The molecule has 15 N–H and O–H groups in total. The summed E-state index contributed by atoms with van der Waals surface area (Å²) in [6.45, 7) is 1.12. The molecule has 0 aliphatic carbocycles. The Hall–Kier alpha value is -3.67. The first-order chi connectivity index (χ1) is 23.9. The van der Waals surface area contributed by atoms with Gasteiger partial charge in [0.15, 0.2) is 0 Å². The second kappa shape index (κ2) is 13.3. The van der Waals surface area contributed by atoms with Crippen LogP contribution in [-0.4, -0.2) is 151 Å². The number of carbonyl (C=O) groups is 2. The van der Waals surface area contributed by atoms with E-state index in [1.54, 1.807) is 6.07 Å². The Morgan fingerprint density at radius 1 is 0.887 bits per heavy atom.